The summed E-state index contributed by atoms with van der Waals surface area (Å²) < 4.78 is 0. The average Bonchev–Trinajstić information content (AvgIpc) is 2.35. The summed E-state index contributed by atoms with van der Waals surface area (Å²) in [6, 6.07) is 7.76. The zero-order valence-electron chi connectivity index (χ0n) is 9.79. The fourth-order valence-corrected chi connectivity index (χ4v) is 1.70. The molecule has 1 unspecified atom stereocenters. The van der Waals surface area contributed by atoms with E-state index in [0.717, 1.165) is 22.9 Å². The lowest BCUT2D eigenvalue weighted by molar-refractivity contribution is 0.0948. The summed E-state index contributed by atoms with van der Waals surface area (Å²) in [5.74, 6) is 0.489. The van der Waals surface area contributed by atoms with Crippen molar-refractivity contribution in [3.8, 4) is 0 Å². The monoisotopic (exact) mass is 283 g/mol. The van der Waals surface area contributed by atoms with E-state index >= 15 is 0 Å². The van der Waals surface area contributed by atoms with Crippen molar-refractivity contribution in [3.05, 3.63) is 35.4 Å². The quantitative estimate of drug-likeness (QED) is 0.827. The molecule has 0 saturated carbocycles. The molecule has 1 rings (SSSR count). The van der Waals surface area contributed by atoms with E-state index < -0.39 is 0 Å². The second-order valence-electron chi connectivity index (χ2n) is 3.98. The van der Waals surface area contributed by atoms with Crippen molar-refractivity contribution in [2.45, 2.75) is 20.3 Å². The molecule has 1 N–H and O–H groups in total. The minimum Gasteiger partial charge on any atom is -0.352 e. The lowest BCUT2D eigenvalue weighted by atomic mass is 10.0. The molecule has 0 saturated heterocycles. The van der Waals surface area contributed by atoms with E-state index in [0.29, 0.717) is 12.5 Å². The van der Waals surface area contributed by atoms with E-state index in [9.17, 15) is 4.79 Å². The molecule has 1 atom stereocenters. The molecule has 0 aliphatic heterocycles. The normalized spacial score (nSPS) is 12.2. The first kappa shape index (κ1) is 13.2. The molecule has 16 heavy (non-hydrogen) atoms. The Hall–Kier alpha value is -0.830. The van der Waals surface area contributed by atoms with Crippen molar-refractivity contribution in [3.63, 3.8) is 0 Å². The van der Waals surface area contributed by atoms with Gasteiger partial charge in [-0.2, -0.15) is 0 Å². The molecule has 1 aromatic carbocycles. The van der Waals surface area contributed by atoms with Crippen molar-refractivity contribution in [1.29, 1.82) is 0 Å². The number of rotatable bonds is 5. The van der Waals surface area contributed by atoms with Gasteiger partial charge in [0.25, 0.3) is 5.91 Å². The predicted molar refractivity (Wildman–Crippen MR) is 71.1 cm³/mol. The maximum absolute atomic E-state index is 11.9. The van der Waals surface area contributed by atoms with Crippen molar-refractivity contribution in [2.75, 3.05) is 11.9 Å². The summed E-state index contributed by atoms with van der Waals surface area (Å²) in [4.78, 5) is 11.9. The standard InChI is InChI=1S/C13H18BrNO/c1-3-11-6-4-5-7-12(11)13(16)15-9-10(2)8-14/h4-7,10H,3,8-9H2,1-2H3,(H,15,16). The number of hydrogen-bond donors (Lipinski definition) is 1. The molecule has 2 nitrogen and oxygen atoms in total. The van der Waals surface area contributed by atoms with Crippen molar-refractivity contribution < 1.29 is 4.79 Å². The van der Waals surface area contributed by atoms with Gasteiger partial charge in [0.1, 0.15) is 0 Å². The fraction of sp³-hybridized carbons (Fsp3) is 0.462. The Balaban J connectivity index is 2.65. The Morgan fingerprint density at radius 1 is 1.44 bits per heavy atom. The lowest BCUT2D eigenvalue weighted by Gasteiger charge is -2.11. The molecule has 88 valence electrons. The van der Waals surface area contributed by atoms with Crippen LogP contribution in [0.2, 0.25) is 0 Å². The third kappa shape index (κ3) is 3.63. The summed E-state index contributed by atoms with van der Waals surface area (Å²) >= 11 is 3.40. The number of carbonyl (C=O) groups is 1. The highest BCUT2D eigenvalue weighted by Gasteiger charge is 2.10. The van der Waals surface area contributed by atoms with Crippen molar-refractivity contribution in [1.82, 2.24) is 5.32 Å². The molecule has 0 aliphatic carbocycles. The Bertz CT molecular complexity index is 352. The Labute approximate surface area is 106 Å². The van der Waals surface area contributed by atoms with E-state index in [4.69, 9.17) is 0 Å². The number of amides is 1. The Kier molecular flexibility index (Phi) is 5.53. The summed E-state index contributed by atoms with van der Waals surface area (Å²) in [7, 11) is 0. The average molecular weight is 284 g/mol. The third-order valence-corrected chi connectivity index (χ3v) is 3.62. The third-order valence-electron chi connectivity index (χ3n) is 2.52. The number of benzene rings is 1. The van der Waals surface area contributed by atoms with Gasteiger partial charge < -0.3 is 5.32 Å². The van der Waals surface area contributed by atoms with Crippen LogP contribution >= 0.6 is 15.9 Å². The van der Waals surface area contributed by atoms with Crippen LogP contribution in [0.4, 0.5) is 0 Å². The van der Waals surface area contributed by atoms with Gasteiger partial charge in [0.15, 0.2) is 0 Å². The maximum Gasteiger partial charge on any atom is 0.251 e. The number of carbonyl (C=O) groups excluding carboxylic acids is 1. The Morgan fingerprint density at radius 3 is 2.75 bits per heavy atom. The maximum atomic E-state index is 11.9. The minimum atomic E-state index is 0.0326. The molecule has 0 aromatic heterocycles. The van der Waals surface area contributed by atoms with Crippen LogP contribution in [-0.4, -0.2) is 17.8 Å². The molecule has 1 amide bonds. The van der Waals surface area contributed by atoms with E-state index in [-0.39, 0.29) is 5.91 Å². The zero-order chi connectivity index (χ0) is 12.0. The number of nitrogens with one attached hydrogen (secondary N) is 1. The number of hydrogen-bond acceptors (Lipinski definition) is 1. The van der Waals surface area contributed by atoms with Crippen LogP contribution < -0.4 is 5.32 Å². The topological polar surface area (TPSA) is 29.1 Å². The first-order valence-electron chi connectivity index (χ1n) is 5.61. The van der Waals surface area contributed by atoms with E-state index in [2.05, 4.69) is 35.1 Å². The van der Waals surface area contributed by atoms with Gasteiger partial charge in [0, 0.05) is 17.4 Å². The van der Waals surface area contributed by atoms with Crippen LogP contribution in [0.3, 0.4) is 0 Å². The van der Waals surface area contributed by atoms with Gasteiger partial charge in [0.05, 0.1) is 0 Å². The SMILES string of the molecule is CCc1ccccc1C(=O)NCC(C)CBr. The molecule has 1 aromatic rings. The van der Waals surface area contributed by atoms with Crippen LogP contribution in [0.25, 0.3) is 0 Å². The Morgan fingerprint density at radius 2 is 2.12 bits per heavy atom. The molecular weight excluding hydrogens is 266 g/mol. The summed E-state index contributed by atoms with van der Waals surface area (Å²) in [5.41, 5.74) is 1.90. The minimum absolute atomic E-state index is 0.0326. The van der Waals surface area contributed by atoms with E-state index in [1.54, 1.807) is 0 Å². The van der Waals surface area contributed by atoms with Crippen molar-refractivity contribution in [2.24, 2.45) is 5.92 Å². The number of halogens is 1. The summed E-state index contributed by atoms with van der Waals surface area (Å²) in [5, 5.41) is 3.86. The highest BCUT2D eigenvalue weighted by Crippen LogP contribution is 2.09. The molecule has 0 spiro atoms. The molecular formula is C13H18BrNO. The fourth-order valence-electron chi connectivity index (χ4n) is 1.47. The predicted octanol–water partition coefficient (Wildman–Crippen LogP) is 3.01. The number of aryl methyl sites for hydroxylation is 1. The van der Waals surface area contributed by atoms with Gasteiger partial charge in [-0.25, -0.2) is 0 Å². The molecule has 0 bridgehead atoms. The summed E-state index contributed by atoms with van der Waals surface area (Å²) in [6.07, 6.45) is 0.886. The molecule has 0 fully saturated rings. The van der Waals surface area contributed by atoms with Crippen LogP contribution in [-0.2, 0) is 6.42 Å². The van der Waals surface area contributed by atoms with Crippen LogP contribution in [0.1, 0.15) is 29.8 Å². The second-order valence-corrected chi connectivity index (χ2v) is 4.63. The molecule has 0 heterocycles. The van der Waals surface area contributed by atoms with Gasteiger partial charge in [0.2, 0.25) is 0 Å². The van der Waals surface area contributed by atoms with Crippen LogP contribution in [0, 0.1) is 5.92 Å². The molecule has 0 aliphatic rings. The first-order chi connectivity index (χ1) is 7.69. The van der Waals surface area contributed by atoms with Crippen LogP contribution in [0.5, 0.6) is 0 Å². The molecule has 3 heteroatoms. The van der Waals surface area contributed by atoms with Gasteiger partial charge in [-0.3, -0.25) is 4.79 Å². The smallest absolute Gasteiger partial charge is 0.251 e. The first-order valence-corrected chi connectivity index (χ1v) is 6.73. The highest BCUT2D eigenvalue weighted by molar-refractivity contribution is 9.09. The van der Waals surface area contributed by atoms with Gasteiger partial charge >= 0.3 is 0 Å². The zero-order valence-corrected chi connectivity index (χ0v) is 11.4. The van der Waals surface area contributed by atoms with E-state index in [1.165, 1.54) is 0 Å². The van der Waals surface area contributed by atoms with Gasteiger partial charge in [-0.1, -0.05) is 48.0 Å². The van der Waals surface area contributed by atoms with Crippen LogP contribution in [0.15, 0.2) is 24.3 Å². The second kappa shape index (κ2) is 6.69. The lowest BCUT2D eigenvalue weighted by Crippen LogP contribution is -2.29. The van der Waals surface area contributed by atoms with Gasteiger partial charge in [-0.15, -0.1) is 0 Å². The number of alkyl halides is 1. The molecule has 0 radical (unpaired) electrons. The largest absolute Gasteiger partial charge is 0.352 e. The van der Waals surface area contributed by atoms with Gasteiger partial charge in [-0.05, 0) is 24.0 Å². The van der Waals surface area contributed by atoms with Crippen molar-refractivity contribution >= 4 is 21.8 Å². The highest BCUT2D eigenvalue weighted by atomic mass is 79.9. The summed E-state index contributed by atoms with van der Waals surface area (Å²) in [6.45, 7) is 4.87. The van der Waals surface area contributed by atoms with E-state index in [1.807, 2.05) is 24.3 Å².